The van der Waals surface area contributed by atoms with Gasteiger partial charge in [0.1, 0.15) is 0 Å². The fourth-order valence-electron chi connectivity index (χ4n) is 3.08. The Hall–Kier alpha value is -0.510. The molecule has 1 fully saturated rings. The molecule has 0 aromatic carbocycles. The standard InChI is InChI=1S/C17H31N/c1-3-5-7-9-11-16(12-10-8-6-4-2)17(15-18)13-14-17/h16H,3-14H2,1-2H3. The predicted molar refractivity (Wildman–Crippen MR) is 78.3 cm³/mol. The third kappa shape index (κ3) is 5.01. The molecule has 1 nitrogen and oxygen atoms in total. The molecule has 0 heterocycles. The largest absolute Gasteiger partial charge is 0.198 e. The summed E-state index contributed by atoms with van der Waals surface area (Å²) in [4.78, 5) is 0. The van der Waals surface area contributed by atoms with Crippen molar-refractivity contribution in [3.8, 4) is 6.07 Å². The van der Waals surface area contributed by atoms with Gasteiger partial charge in [-0.1, -0.05) is 65.2 Å². The molecule has 0 atom stereocenters. The van der Waals surface area contributed by atoms with Crippen LogP contribution in [0.3, 0.4) is 0 Å². The zero-order chi connectivity index (χ0) is 13.3. The lowest BCUT2D eigenvalue weighted by molar-refractivity contribution is 0.311. The Morgan fingerprint density at radius 2 is 1.39 bits per heavy atom. The Balaban J connectivity index is 2.27. The predicted octanol–water partition coefficient (Wildman–Crippen LogP) is 5.85. The lowest BCUT2D eigenvalue weighted by Crippen LogP contribution is -2.14. The van der Waals surface area contributed by atoms with Gasteiger partial charge in [0.2, 0.25) is 0 Å². The molecule has 18 heavy (non-hydrogen) atoms. The number of rotatable bonds is 11. The SMILES string of the molecule is CCCCCCC(CCCCCC)C1(C#N)CC1. The Morgan fingerprint density at radius 1 is 0.889 bits per heavy atom. The molecule has 0 N–H and O–H groups in total. The van der Waals surface area contributed by atoms with Crippen molar-refractivity contribution in [2.75, 3.05) is 0 Å². The summed E-state index contributed by atoms with van der Waals surface area (Å²) in [6.07, 6.45) is 15.7. The highest BCUT2D eigenvalue weighted by Crippen LogP contribution is 2.54. The van der Waals surface area contributed by atoms with E-state index in [0.717, 1.165) is 0 Å². The van der Waals surface area contributed by atoms with Crippen LogP contribution in [-0.2, 0) is 0 Å². The first-order valence-electron chi connectivity index (χ1n) is 8.20. The molecule has 0 amide bonds. The summed E-state index contributed by atoms with van der Waals surface area (Å²) in [5.74, 6) is 0.705. The van der Waals surface area contributed by atoms with E-state index in [-0.39, 0.29) is 5.41 Å². The first-order valence-corrected chi connectivity index (χ1v) is 8.20. The summed E-state index contributed by atoms with van der Waals surface area (Å²) in [7, 11) is 0. The molecule has 1 aliphatic rings. The van der Waals surface area contributed by atoms with Gasteiger partial charge in [0, 0.05) is 0 Å². The Morgan fingerprint density at radius 3 is 1.72 bits per heavy atom. The summed E-state index contributed by atoms with van der Waals surface area (Å²) in [6.45, 7) is 4.53. The molecule has 0 radical (unpaired) electrons. The third-order valence-electron chi connectivity index (χ3n) is 4.61. The van der Waals surface area contributed by atoms with Gasteiger partial charge in [0.15, 0.2) is 0 Å². The van der Waals surface area contributed by atoms with E-state index in [1.165, 1.54) is 77.0 Å². The molecule has 0 unspecified atom stereocenters. The van der Waals surface area contributed by atoms with Crippen molar-refractivity contribution < 1.29 is 0 Å². The van der Waals surface area contributed by atoms with Gasteiger partial charge in [0.05, 0.1) is 11.5 Å². The Labute approximate surface area is 114 Å². The van der Waals surface area contributed by atoms with Gasteiger partial charge in [-0.05, 0) is 31.6 Å². The van der Waals surface area contributed by atoms with Gasteiger partial charge >= 0.3 is 0 Å². The van der Waals surface area contributed by atoms with E-state index in [9.17, 15) is 5.26 Å². The lowest BCUT2D eigenvalue weighted by Gasteiger charge is -2.21. The van der Waals surface area contributed by atoms with E-state index in [2.05, 4.69) is 19.9 Å². The highest BCUT2D eigenvalue weighted by Gasteiger charge is 2.48. The van der Waals surface area contributed by atoms with Crippen LogP contribution < -0.4 is 0 Å². The number of nitriles is 1. The van der Waals surface area contributed by atoms with E-state index in [0.29, 0.717) is 5.92 Å². The van der Waals surface area contributed by atoms with Gasteiger partial charge < -0.3 is 0 Å². The zero-order valence-electron chi connectivity index (χ0n) is 12.5. The van der Waals surface area contributed by atoms with Crippen LogP contribution in [0, 0.1) is 22.7 Å². The maximum Gasteiger partial charge on any atom is 0.0692 e. The van der Waals surface area contributed by atoms with Crippen LogP contribution in [0.1, 0.15) is 90.9 Å². The van der Waals surface area contributed by atoms with Gasteiger partial charge in [0.25, 0.3) is 0 Å². The molecule has 0 aliphatic heterocycles. The van der Waals surface area contributed by atoms with E-state index in [1.54, 1.807) is 0 Å². The second-order valence-electron chi connectivity index (χ2n) is 6.16. The monoisotopic (exact) mass is 249 g/mol. The average Bonchev–Trinajstić information content (AvgIpc) is 3.18. The summed E-state index contributed by atoms with van der Waals surface area (Å²) in [5.41, 5.74) is 0.110. The molecule has 1 aliphatic carbocycles. The van der Waals surface area contributed by atoms with Crippen LogP contribution in [0.25, 0.3) is 0 Å². The Bertz CT molecular complexity index is 235. The second kappa shape index (κ2) is 8.57. The zero-order valence-corrected chi connectivity index (χ0v) is 12.5. The van der Waals surface area contributed by atoms with Gasteiger partial charge in [-0.2, -0.15) is 5.26 Å². The minimum Gasteiger partial charge on any atom is -0.198 e. The van der Waals surface area contributed by atoms with E-state index in [1.807, 2.05) is 0 Å². The van der Waals surface area contributed by atoms with Crippen molar-refractivity contribution in [3.05, 3.63) is 0 Å². The van der Waals surface area contributed by atoms with Crippen LogP contribution in [0.2, 0.25) is 0 Å². The summed E-state index contributed by atoms with van der Waals surface area (Å²) in [5, 5.41) is 9.38. The molecule has 0 aromatic rings. The van der Waals surface area contributed by atoms with Crippen molar-refractivity contribution in [1.82, 2.24) is 0 Å². The van der Waals surface area contributed by atoms with E-state index >= 15 is 0 Å². The van der Waals surface area contributed by atoms with Crippen molar-refractivity contribution in [1.29, 1.82) is 5.26 Å². The lowest BCUT2D eigenvalue weighted by atomic mass is 9.82. The number of hydrogen-bond donors (Lipinski definition) is 0. The van der Waals surface area contributed by atoms with Gasteiger partial charge in [-0.3, -0.25) is 0 Å². The smallest absolute Gasteiger partial charge is 0.0692 e. The molecule has 1 rings (SSSR count). The van der Waals surface area contributed by atoms with E-state index < -0.39 is 0 Å². The van der Waals surface area contributed by atoms with Crippen molar-refractivity contribution in [2.24, 2.45) is 11.3 Å². The minimum atomic E-state index is 0.110. The fraction of sp³-hybridized carbons (Fsp3) is 0.941. The average molecular weight is 249 g/mol. The summed E-state index contributed by atoms with van der Waals surface area (Å²) >= 11 is 0. The molecular weight excluding hydrogens is 218 g/mol. The molecule has 0 bridgehead atoms. The second-order valence-corrected chi connectivity index (χ2v) is 6.16. The quantitative estimate of drug-likeness (QED) is 0.421. The number of hydrogen-bond acceptors (Lipinski definition) is 1. The normalized spacial score (nSPS) is 16.8. The number of nitrogens with zero attached hydrogens (tertiary/aromatic N) is 1. The first-order chi connectivity index (χ1) is 8.79. The van der Waals surface area contributed by atoms with Crippen LogP contribution in [0.4, 0.5) is 0 Å². The van der Waals surface area contributed by atoms with Crippen LogP contribution in [-0.4, -0.2) is 0 Å². The molecule has 0 spiro atoms. The maximum atomic E-state index is 9.38. The molecule has 1 saturated carbocycles. The van der Waals surface area contributed by atoms with Gasteiger partial charge in [-0.15, -0.1) is 0 Å². The van der Waals surface area contributed by atoms with Crippen molar-refractivity contribution >= 4 is 0 Å². The Kier molecular flexibility index (Phi) is 7.40. The molecule has 104 valence electrons. The fourth-order valence-corrected chi connectivity index (χ4v) is 3.08. The van der Waals surface area contributed by atoms with Crippen LogP contribution in [0.5, 0.6) is 0 Å². The van der Waals surface area contributed by atoms with Crippen molar-refractivity contribution in [2.45, 2.75) is 90.9 Å². The third-order valence-corrected chi connectivity index (χ3v) is 4.61. The van der Waals surface area contributed by atoms with Crippen molar-refractivity contribution in [3.63, 3.8) is 0 Å². The minimum absolute atomic E-state index is 0.110. The molecule has 0 aromatic heterocycles. The highest BCUT2D eigenvalue weighted by atomic mass is 14.5. The topological polar surface area (TPSA) is 23.8 Å². The first kappa shape index (κ1) is 15.5. The van der Waals surface area contributed by atoms with Gasteiger partial charge in [-0.25, -0.2) is 0 Å². The molecular formula is C17H31N. The maximum absolute atomic E-state index is 9.38. The van der Waals surface area contributed by atoms with Crippen LogP contribution in [0.15, 0.2) is 0 Å². The van der Waals surface area contributed by atoms with Crippen LogP contribution >= 0.6 is 0 Å². The molecule has 1 heteroatoms. The summed E-state index contributed by atoms with van der Waals surface area (Å²) in [6, 6.07) is 2.63. The number of unbranched alkanes of at least 4 members (excludes halogenated alkanes) is 6. The highest BCUT2D eigenvalue weighted by molar-refractivity contribution is 5.12. The van der Waals surface area contributed by atoms with E-state index in [4.69, 9.17) is 0 Å². The summed E-state index contributed by atoms with van der Waals surface area (Å²) < 4.78 is 0. The molecule has 0 saturated heterocycles.